The van der Waals surface area contributed by atoms with Crippen LogP contribution in [0.5, 0.6) is 0 Å². The molecule has 0 saturated carbocycles. The fourth-order valence-corrected chi connectivity index (χ4v) is 2.02. The predicted molar refractivity (Wildman–Crippen MR) is 70.2 cm³/mol. The second kappa shape index (κ2) is 7.12. The lowest BCUT2D eigenvalue weighted by molar-refractivity contribution is 0.197. The van der Waals surface area contributed by atoms with E-state index in [2.05, 4.69) is 16.1 Å². The van der Waals surface area contributed by atoms with Gasteiger partial charge in [-0.05, 0) is 25.5 Å². The lowest BCUT2D eigenvalue weighted by atomic mass is 10.1. The van der Waals surface area contributed by atoms with Crippen molar-refractivity contribution in [1.82, 2.24) is 14.7 Å². The fraction of sp³-hybridized carbons (Fsp3) is 0.700. The first-order valence-corrected chi connectivity index (χ1v) is 5.20. The van der Waals surface area contributed by atoms with Gasteiger partial charge < -0.3 is 5.73 Å². The zero-order valence-electron chi connectivity index (χ0n) is 9.50. The minimum Gasteiger partial charge on any atom is -0.327 e. The maximum atomic E-state index is 5.93. The molecule has 0 amide bonds. The molecular weight excluding hydrogens is 247 g/mol. The van der Waals surface area contributed by atoms with E-state index in [4.69, 9.17) is 5.73 Å². The SMILES string of the molecule is Cl.Cl.Cn1nccc1CN1CCC[C@H](N)C1. The van der Waals surface area contributed by atoms with Crippen LogP contribution in [0.1, 0.15) is 18.5 Å². The number of aromatic nitrogens is 2. The summed E-state index contributed by atoms with van der Waals surface area (Å²) in [5.41, 5.74) is 7.19. The molecule has 1 aromatic rings. The predicted octanol–water partition coefficient (Wildman–Crippen LogP) is 1.19. The van der Waals surface area contributed by atoms with Crippen LogP contribution in [0.2, 0.25) is 0 Å². The Labute approximate surface area is 109 Å². The molecule has 94 valence electrons. The van der Waals surface area contributed by atoms with Crippen LogP contribution in [0.4, 0.5) is 0 Å². The first kappa shape index (κ1) is 15.7. The van der Waals surface area contributed by atoms with Gasteiger partial charge in [0.1, 0.15) is 0 Å². The number of nitrogens with zero attached hydrogens (tertiary/aromatic N) is 3. The largest absolute Gasteiger partial charge is 0.327 e. The lowest BCUT2D eigenvalue weighted by Gasteiger charge is -2.30. The van der Waals surface area contributed by atoms with Crippen molar-refractivity contribution in [3.63, 3.8) is 0 Å². The standard InChI is InChI=1S/C10H18N4.2ClH/c1-13-10(4-5-12-13)8-14-6-2-3-9(11)7-14;;/h4-5,9H,2-3,6-8,11H2,1H3;2*1H/t9-;;/m0../s1. The number of rotatable bonds is 2. The summed E-state index contributed by atoms with van der Waals surface area (Å²) in [6.45, 7) is 3.16. The van der Waals surface area contributed by atoms with Gasteiger partial charge in [0, 0.05) is 32.4 Å². The van der Waals surface area contributed by atoms with Crippen molar-refractivity contribution in [3.8, 4) is 0 Å². The normalized spacial score (nSPS) is 21.0. The van der Waals surface area contributed by atoms with E-state index in [-0.39, 0.29) is 24.8 Å². The third-order valence-electron chi connectivity index (χ3n) is 2.85. The molecule has 1 saturated heterocycles. The molecule has 16 heavy (non-hydrogen) atoms. The lowest BCUT2D eigenvalue weighted by Crippen LogP contribution is -2.42. The Morgan fingerprint density at radius 2 is 2.25 bits per heavy atom. The van der Waals surface area contributed by atoms with E-state index in [1.165, 1.54) is 25.1 Å². The maximum Gasteiger partial charge on any atom is 0.0521 e. The summed E-state index contributed by atoms with van der Waals surface area (Å²) < 4.78 is 1.93. The summed E-state index contributed by atoms with van der Waals surface area (Å²) in [7, 11) is 1.99. The van der Waals surface area contributed by atoms with E-state index in [1.807, 2.05) is 17.9 Å². The highest BCUT2D eigenvalue weighted by Gasteiger charge is 2.17. The van der Waals surface area contributed by atoms with Crippen molar-refractivity contribution in [3.05, 3.63) is 18.0 Å². The van der Waals surface area contributed by atoms with Gasteiger partial charge in [0.15, 0.2) is 0 Å². The number of likely N-dealkylation sites (tertiary alicyclic amines) is 1. The number of nitrogens with two attached hydrogens (primary N) is 1. The van der Waals surface area contributed by atoms with Crippen LogP contribution >= 0.6 is 24.8 Å². The van der Waals surface area contributed by atoms with E-state index < -0.39 is 0 Å². The molecule has 2 N–H and O–H groups in total. The molecule has 1 aromatic heterocycles. The number of halogens is 2. The van der Waals surface area contributed by atoms with Crippen LogP contribution in [-0.4, -0.2) is 33.8 Å². The Morgan fingerprint density at radius 1 is 1.50 bits per heavy atom. The molecule has 0 bridgehead atoms. The van der Waals surface area contributed by atoms with Crippen LogP contribution in [0.3, 0.4) is 0 Å². The molecule has 2 rings (SSSR count). The molecule has 1 fully saturated rings. The molecule has 1 aliphatic heterocycles. The fourth-order valence-electron chi connectivity index (χ4n) is 2.02. The molecule has 0 spiro atoms. The van der Waals surface area contributed by atoms with Crippen molar-refractivity contribution < 1.29 is 0 Å². The quantitative estimate of drug-likeness (QED) is 0.875. The Balaban J connectivity index is 0.00000112. The van der Waals surface area contributed by atoms with Crippen molar-refractivity contribution in [2.24, 2.45) is 12.8 Å². The summed E-state index contributed by atoms with van der Waals surface area (Å²) in [5.74, 6) is 0. The average molecular weight is 267 g/mol. The molecule has 4 nitrogen and oxygen atoms in total. The monoisotopic (exact) mass is 266 g/mol. The van der Waals surface area contributed by atoms with Gasteiger partial charge in [-0.2, -0.15) is 5.10 Å². The topological polar surface area (TPSA) is 47.1 Å². The molecule has 1 atom stereocenters. The third-order valence-corrected chi connectivity index (χ3v) is 2.85. The molecule has 6 heteroatoms. The highest BCUT2D eigenvalue weighted by molar-refractivity contribution is 5.85. The zero-order chi connectivity index (χ0) is 9.97. The van der Waals surface area contributed by atoms with Crippen LogP contribution < -0.4 is 5.73 Å². The smallest absolute Gasteiger partial charge is 0.0521 e. The first-order chi connectivity index (χ1) is 6.75. The molecular formula is C10H20Cl2N4. The molecule has 0 unspecified atom stereocenters. The summed E-state index contributed by atoms with van der Waals surface area (Å²) in [4.78, 5) is 2.41. The van der Waals surface area contributed by atoms with Crippen molar-refractivity contribution >= 4 is 24.8 Å². The second-order valence-electron chi connectivity index (χ2n) is 4.08. The Kier molecular flexibility index (Phi) is 6.99. The van der Waals surface area contributed by atoms with Gasteiger partial charge in [-0.25, -0.2) is 0 Å². The number of piperidine rings is 1. The molecule has 1 aliphatic rings. The van der Waals surface area contributed by atoms with Gasteiger partial charge >= 0.3 is 0 Å². The summed E-state index contributed by atoms with van der Waals surface area (Å²) in [5, 5.41) is 4.16. The highest BCUT2D eigenvalue weighted by atomic mass is 35.5. The van der Waals surface area contributed by atoms with E-state index in [0.29, 0.717) is 6.04 Å². The minimum absolute atomic E-state index is 0. The number of aryl methyl sites for hydroxylation is 1. The van der Waals surface area contributed by atoms with E-state index in [0.717, 1.165) is 13.1 Å². The molecule has 2 heterocycles. The van der Waals surface area contributed by atoms with E-state index >= 15 is 0 Å². The minimum atomic E-state index is 0. The molecule has 0 radical (unpaired) electrons. The van der Waals surface area contributed by atoms with Crippen molar-refractivity contribution in [1.29, 1.82) is 0 Å². The third kappa shape index (κ3) is 3.94. The van der Waals surface area contributed by atoms with Gasteiger partial charge in [0.25, 0.3) is 0 Å². The van der Waals surface area contributed by atoms with Crippen LogP contribution in [0.15, 0.2) is 12.3 Å². The van der Waals surface area contributed by atoms with Crippen LogP contribution in [-0.2, 0) is 13.6 Å². The number of hydrogen-bond donors (Lipinski definition) is 1. The van der Waals surface area contributed by atoms with Crippen molar-refractivity contribution in [2.75, 3.05) is 13.1 Å². The van der Waals surface area contributed by atoms with Crippen molar-refractivity contribution in [2.45, 2.75) is 25.4 Å². The zero-order valence-corrected chi connectivity index (χ0v) is 11.1. The van der Waals surface area contributed by atoms with Gasteiger partial charge in [-0.3, -0.25) is 9.58 Å². The Bertz CT molecular complexity index is 303. The highest BCUT2D eigenvalue weighted by Crippen LogP contribution is 2.11. The van der Waals surface area contributed by atoms with Gasteiger partial charge in [0.2, 0.25) is 0 Å². The van der Waals surface area contributed by atoms with Gasteiger partial charge in [-0.1, -0.05) is 0 Å². The summed E-state index contributed by atoms with van der Waals surface area (Å²) in [6, 6.07) is 2.43. The molecule has 0 aliphatic carbocycles. The number of hydrogen-bond acceptors (Lipinski definition) is 3. The molecule has 0 aromatic carbocycles. The van der Waals surface area contributed by atoms with Gasteiger partial charge in [-0.15, -0.1) is 24.8 Å². The second-order valence-corrected chi connectivity index (χ2v) is 4.08. The summed E-state index contributed by atoms with van der Waals surface area (Å²) in [6.07, 6.45) is 4.24. The Hall–Kier alpha value is -0.290. The first-order valence-electron chi connectivity index (χ1n) is 5.20. The van der Waals surface area contributed by atoms with E-state index in [9.17, 15) is 0 Å². The Morgan fingerprint density at radius 3 is 2.81 bits per heavy atom. The van der Waals surface area contributed by atoms with Gasteiger partial charge in [0.05, 0.1) is 5.69 Å². The average Bonchev–Trinajstić information content (AvgIpc) is 2.52. The van der Waals surface area contributed by atoms with Crippen LogP contribution in [0, 0.1) is 0 Å². The van der Waals surface area contributed by atoms with Crippen LogP contribution in [0.25, 0.3) is 0 Å². The summed E-state index contributed by atoms with van der Waals surface area (Å²) >= 11 is 0. The van der Waals surface area contributed by atoms with E-state index in [1.54, 1.807) is 0 Å². The maximum absolute atomic E-state index is 5.93.